The van der Waals surface area contributed by atoms with Crippen LogP contribution in [0.15, 0.2) is 45.4 Å². The number of hydrogen-bond donors (Lipinski definition) is 2. The first-order chi connectivity index (χ1) is 9.67. The maximum atomic E-state index is 11.4. The maximum Gasteiger partial charge on any atom is 0.251 e. The Kier molecular flexibility index (Phi) is 3.29. The second-order valence-corrected chi connectivity index (χ2v) is 5.22. The Bertz CT molecular complexity index is 825. The summed E-state index contributed by atoms with van der Waals surface area (Å²) in [5, 5.41) is 10.6. The molecule has 0 radical (unpaired) electrons. The Morgan fingerprint density at radius 3 is 3.00 bits per heavy atom. The zero-order valence-electron chi connectivity index (χ0n) is 10.7. The first-order valence-electron chi connectivity index (χ1n) is 6.00. The lowest BCUT2D eigenvalue weighted by atomic mass is 10.4. The molecule has 0 saturated heterocycles. The van der Waals surface area contributed by atoms with Crippen LogP contribution in [0.25, 0.3) is 5.65 Å². The van der Waals surface area contributed by atoms with Gasteiger partial charge in [-0.15, -0.1) is 0 Å². The van der Waals surface area contributed by atoms with Crippen molar-refractivity contribution in [3.63, 3.8) is 0 Å². The maximum absolute atomic E-state index is 11.4. The van der Waals surface area contributed by atoms with Crippen molar-refractivity contribution in [2.75, 3.05) is 0 Å². The van der Waals surface area contributed by atoms with E-state index >= 15 is 0 Å². The number of aromatic nitrogens is 4. The number of aliphatic hydroxyl groups is 1. The predicted octanol–water partition coefficient (Wildman–Crippen LogP) is 1.37. The van der Waals surface area contributed by atoms with E-state index in [-0.39, 0.29) is 12.2 Å². The number of aromatic amines is 1. The normalized spacial score (nSPS) is 11.1. The van der Waals surface area contributed by atoms with Crippen LogP contribution in [0.1, 0.15) is 11.4 Å². The van der Waals surface area contributed by atoms with Gasteiger partial charge in [-0.2, -0.15) is 0 Å². The van der Waals surface area contributed by atoms with Crippen LogP contribution in [0.2, 0.25) is 0 Å². The molecule has 0 aliphatic rings. The zero-order chi connectivity index (χ0) is 14.1. The van der Waals surface area contributed by atoms with E-state index in [0.29, 0.717) is 21.6 Å². The molecule has 3 heterocycles. The average molecular weight is 288 g/mol. The van der Waals surface area contributed by atoms with Crippen LogP contribution < -0.4 is 5.56 Å². The summed E-state index contributed by atoms with van der Waals surface area (Å²) in [6.45, 7) is 1.62. The molecule has 0 atom stereocenters. The van der Waals surface area contributed by atoms with Crippen LogP contribution in [-0.2, 0) is 6.61 Å². The molecule has 2 N–H and O–H groups in total. The van der Waals surface area contributed by atoms with Crippen molar-refractivity contribution in [1.29, 1.82) is 0 Å². The number of nitrogens with zero attached hydrogens (tertiary/aromatic N) is 3. The largest absolute Gasteiger partial charge is 0.390 e. The van der Waals surface area contributed by atoms with Gasteiger partial charge in [-0.05, 0) is 30.8 Å². The van der Waals surface area contributed by atoms with Crippen LogP contribution in [0.3, 0.4) is 0 Å². The van der Waals surface area contributed by atoms with E-state index in [9.17, 15) is 9.90 Å². The smallest absolute Gasteiger partial charge is 0.251 e. The molecule has 0 aliphatic heterocycles. The van der Waals surface area contributed by atoms with Crippen LogP contribution in [0.4, 0.5) is 0 Å². The molecule has 7 heteroatoms. The van der Waals surface area contributed by atoms with Gasteiger partial charge in [-0.1, -0.05) is 6.07 Å². The van der Waals surface area contributed by atoms with E-state index in [2.05, 4.69) is 15.0 Å². The van der Waals surface area contributed by atoms with Crippen molar-refractivity contribution >= 4 is 17.4 Å². The average Bonchev–Trinajstić information content (AvgIpc) is 2.74. The van der Waals surface area contributed by atoms with E-state index in [1.54, 1.807) is 6.92 Å². The van der Waals surface area contributed by atoms with E-state index in [1.165, 1.54) is 17.8 Å². The number of aliphatic hydroxyl groups excluding tert-OH is 1. The minimum absolute atomic E-state index is 0.135. The zero-order valence-corrected chi connectivity index (χ0v) is 11.5. The van der Waals surface area contributed by atoms with Crippen LogP contribution in [0.5, 0.6) is 0 Å². The number of hydrogen-bond acceptors (Lipinski definition) is 5. The van der Waals surface area contributed by atoms with Crippen LogP contribution in [-0.4, -0.2) is 24.5 Å². The van der Waals surface area contributed by atoms with Gasteiger partial charge >= 0.3 is 0 Å². The fourth-order valence-corrected chi connectivity index (χ4v) is 2.89. The molecule has 0 fully saturated rings. The summed E-state index contributed by atoms with van der Waals surface area (Å²) >= 11 is 1.23. The number of imidazole rings is 1. The number of aryl methyl sites for hydroxylation is 1. The molecule has 3 rings (SSSR count). The topological polar surface area (TPSA) is 83.3 Å². The Balaban J connectivity index is 2.08. The summed E-state index contributed by atoms with van der Waals surface area (Å²) in [7, 11) is 0. The second kappa shape index (κ2) is 5.10. The Hall–Kier alpha value is -2.12. The molecule has 0 aliphatic carbocycles. The highest BCUT2D eigenvalue weighted by molar-refractivity contribution is 7.99. The Morgan fingerprint density at radius 2 is 2.25 bits per heavy atom. The predicted molar refractivity (Wildman–Crippen MR) is 74.8 cm³/mol. The molecule has 0 spiro atoms. The monoisotopic (exact) mass is 288 g/mol. The minimum atomic E-state index is -0.200. The van der Waals surface area contributed by atoms with Crippen LogP contribution in [0, 0.1) is 6.92 Å². The SMILES string of the molecule is Cc1cc(=O)[nH]c(Sc2nc3ccccn3c2CO)n1. The van der Waals surface area contributed by atoms with Gasteiger partial charge < -0.3 is 14.5 Å². The van der Waals surface area contributed by atoms with Crippen LogP contribution >= 0.6 is 11.8 Å². The molecule has 102 valence electrons. The summed E-state index contributed by atoms with van der Waals surface area (Å²) in [6.07, 6.45) is 1.84. The van der Waals surface area contributed by atoms with E-state index < -0.39 is 0 Å². The first kappa shape index (κ1) is 12.9. The lowest BCUT2D eigenvalue weighted by Crippen LogP contribution is -2.08. The van der Waals surface area contributed by atoms with Gasteiger partial charge in [0.05, 0.1) is 12.3 Å². The third kappa shape index (κ3) is 2.33. The Morgan fingerprint density at radius 1 is 1.40 bits per heavy atom. The molecule has 0 bridgehead atoms. The number of pyridine rings is 1. The second-order valence-electron chi connectivity index (χ2n) is 4.24. The van der Waals surface area contributed by atoms with Crippen molar-refractivity contribution in [3.05, 3.63) is 52.2 Å². The standard InChI is InChI=1S/C13H12N4O2S/c1-8-6-11(19)16-13(14-8)20-12-9(7-18)17-5-3-2-4-10(17)15-12/h2-6,18H,7H2,1H3,(H,14,16,19). The highest BCUT2D eigenvalue weighted by atomic mass is 32.2. The minimum Gasteiger partial charge on any atom is -0.390 e. The summed E-state index contributed by atoms with van der Waals surface area (Å²) in [5.41, 5.74) is 1.86. The van der Waals surface area contributed by atoms with Crippen molar-refractivity contribution in [2.24, 2.45) is 0 Å². The molecule has 0 amide bonds. The number of nitrogens with one attached hydrogen (secondary N) is 1. The molecular formula is C13H12N4O2S. The van der Waals surface area contributed by atoms with Crippen molar-refractivity contribution < 1.29 is 5.11 Å². The summed E-state index contributed by atoms with van der Waals surface area (Å²) < 4.78 is 1.82. The number of H-pyrrole nitrogens is 1. The quantitative estimate of drug-likeness (QED) is 0.711. The highest BCUT2D eigenvalue weighted by Gasteiger charge is 2.13. The molecule has 6 nitrogen and oxygen atoms in total. The van der Waals surface area contributed by atoms with Gasteiger partial charge in [-0.25, -0.2) is 9.97 Å². The van der Waals surface area contributed by atoms with E-state index in [4.69, 9.17) is 0 Å². The summed E-state index contributed by atoms with van der Waals surface area (Å²) in [6, 6.07) is 7.04. The van der Waals surface area contributed by atoms with Gasteiger partial charge in [0, 0.05) is 18.0 Å². The summed E-state index contributed by atoms with van der Waals surface area (Å²) in [5.74, 6) is 0. The van der Waals surface area contributed by atoms with Crippen molar-refractivity contribution in [1.82, 2.24) is 19.4 Å². The molecule has 0 aromatic carbocycles. The molecule has 20 heavy (non-hydrogen) atoms. The molecule has 0 unspecified atom stereocenters. The lowest BCUT2D eigenvalue weighted by molar-refractivity contribution is 0.272. The molecule has 3 aromatic rings. The third-order valence-corrected chi connectivity index (χ3v) is 3.69. The molecule has 3 aromatic heterocycles. The van der Waals surface area contributed by atoms with Gasteiger partial charge in [0.1, 0.15) is 10.7 Å². The fraction of sp³-hybridized carbons (Fsp3) is 0.154. The lowest BCUT2D eigenvalue weighted by Gasteiger charge is -2.01. The molecule has 0 saturated carbocycles. The molecular weight excluding hydrogens is 276 g/mol. The number of rotatable bonds is 3. The van der Waals surface area contributed by atoms with E-state index in [1.807, 2.05) is 28.8 Å². The third-order valence-electron chi connectivity index (χ3n) is 2.78. The van der Waals surface area contributed by atoms with Gasteiger partial charge in [0.15, 0.2) is 5.16 Å². The van der Waals surface area contributed by atoms with Gasteiger partial charge in [0.25, 0.3) is 5.56 Å². The highest BCUT2D eigenvalue weighted by Crippen LogP contribution is 2.27. The fourth-order valence-electron chi connectivity index (χ4n) is 1.94. The first-order valence-corrected chi connectivity index (χ1v) is 6.81. The summed E-state index contributed by atoms with van der Waals surface area (Å²) in [4.78, 5) is 22.8. The number of fused-ring (bicyclic) bond motifs is 1. The van der Waals surface area contributed by atoms with E-state index in [0.717, 1.165) is 5.65 Å². The van der Waals surface area contributed by atoms with Crippen molar-refractivity contribution in [3.8, 4) is 0 Å². The van der Waals surface area contributed by atoms with Gasteiger partial charge in [0.2, 0.25) is 0 Å². The van der Waals surface area contributed by atoms with Crippen molar-refractivity contribution in [2.45, 2.75) is 23.7 Å². The Labute approximate surface area is 118 Å². The van der Waals surface area contributed by atoms with Gasteiger partial charge in [-0.3, -0.25) is 4.79 Å².